The summed E-state index contributed by atoms with van der Waals surface area (Å²) in [5.74, 6) is -0.732. The highest BCUT2D eigenvalue weighted by molar-refractivity contribution is 6.14. The van der Waals surface area contributed by atoms with Gasteiger partial charge in [-0.1, -0.05) is 39.0 Å². The number of carbonyl (C=O) groups is 3. The Kier molecular flexibility index (Phi) is 6.53. The minimum Gasteiger partial charge on any atom is -0.274 e. The second-order valence-electron chi connectivity index (χ2n) is 4.91. The molecular formula is C14H24N2O3. The molecule has 0 spiro atoms. The molecule has 0 atom stereocenters. The average Bonchev–Trinajstić information content (AvgIpc) is 2.37. The van der Waals surface area contributed by atoms with E-state index in [0.29, 0.717) is 13.1 Å². The van der Waals surface area contributed by atoms with Crippen LogP contribution in [-0.2, 0) is 9.59 Å². The molecule has 1 saturated heterocycles. The highest BCUT2D eigenvalue weighted by Gasteiger charge is 2.36. The van der Waals surface area contributed by atoms with E-state index in [4.69, 9.17) is 0 Å². The second-order valence-corrected chi connectivity index (χ2v) is 4.91. The zero-order valence-corrected chi connectivity index (χ0v) is 12.0. The Bertz CT molecular complexity index is 342. The summed E-state index contributed by atoms with van der Waals surface area (Å²) in [5.41, 5.74) is 0. The number of urea groups is 1. The Morgan fingerprint density at radius 1 is 0.842 bits per heavy atom. The standard InChI is InChI=1S/C14H24N2O3/c1-3-5-6-7-8-9-10-16-13(18)11-12(17)15(4-2)14(16)19/h3-11H2,1-2H3. The van der Waals surface area contributed by atoms with Gasteiger partial charge in [0.15, 0.2) is 0 Å². The molecule has 0 unspecified atom stereocenters. The van der Waals surface area contributed by atoms with E-state index in [1.807, 2.05) is 0 Å². The van der Waals surface area contributed by atoms with E-state index < -0.39 is 6.03 Å². The Balaban J connectivity index is 2.37. The fourth-order valence-corrected chi connectivity index (χ4v) is 2.26. The molecule has 19 heavy (non-hydrogen) atoms. The molecule has 1 heterocycles. The minimum absolute atomic E-state index is 0.171. The van der Waals surface area contributed by atoms with Crippen LogP contribution in [0.4, 0.5) is 4.79 Å². The predicted molar refractivity (Wildman–Crippen MR) is 72.5 cm³/mol. The Morgan fingerprint density at radius 2 is 1.42 bits per heavy atom. The first-order chi connectivity index (χ1) is 9.11. The van der Waals surface area contributed by atoms with Crippen LogP contribution in [0.5, 0.6) is 0 Å². The lowest BCUT2D eigenvalue weighted by atomic mass is 10.1. The number of unbranched alkanes of at least 4 members (excludes halogenated alkanes) is 5. The zero-order chi connectivity index (χ0) is 14.3. The molecule has 108 valence electrons. The van der Waals surface area contributed by atoms with Gasteiger partial charge < -0.3 is 0 Å². The largest absolute Gasteiger partial charge is 0.333 e. The third-order valence-corrected chi connectivity index (χ3v) is 3.42. The SMILES string of the molecule is CCCCCCCCN1C(=O)CC(=O)N(CC)C1=O. The van der Waals surface area contributed by atoms with Crippen LogP contribution in [0.15, 0.2) is 0 Å². The highest BCUT2D eigenvalue weighted by Crippen LogP contribution is 2.14. The number of barbiturate groups is 1. The van der Waals surface area contributed by atoms with E-state index in [2.05, 4.69) is 6.92 Å². The van der Waals surface area contributed by atoms with Gasteiger partial charge in [0, 0.05) is 13.1 Å². The molecule has 1 aliphatic rings. The second kappa shape index (κ2) is 7.92. The number of rotatable bonds is 8. The fraction of sp³-hybridized carbons (Fsp3) is 0.786. The van der Waals surface area contributed by atoms with Crippen molar-refractivity contribution < 1.29 is 14.4 Å². The number of amides is 4. The van der Waals surface area contributed by atoms with Crippen LogP contribution in [-0.4, -0.2) is 40.7 Å². The molecule has 0 N–H and O–H groups in total. The van der Waals surface area contributed by atoms with Crippen LogP contribution in [0, 0.1) is 0 Å². The molecule has 5 nitrogen and oxygen atoms in total. The molecule has 0 aliphatic carbocycles. The van der Waals surface area contributed by atoms with Crippen molar-refractivity contribution in [3.05, 3.63) is 0 Å². The molecule has 4 amide bonds. The maximum Gasteiger partial charge on any atom is 0.333 e. The molecule has 1 aliphatic heterocycles. The van der Waals surface area contributed by atoms with Crippen molar-refractivity contribution in [3.8, 4) is 0 Å². The molecule has 0 aromatic carbocycles. The van der Waals surface area contributed by atoms with Gasteiger partial charge in [-0.2, -0.15) is 0 Å². The number of hydrogen-bond acceptors (Lipinski definition) is 3. The maximum absolute atomic E-state index is 12.0. The van der Waals surface area contributed by atoms with Crippen molar-refractivity contribution >= 4 is 17.8 Å². The predicted octanol–water partition coefficient (Wildman–Crippen LogP) is 2.55. The lowest BCUT2D eigenvalue weighted by Crippen LogP contribution is -2.55. The van der Waals surface area contributed by atoms with E-state index >= 15 is 0 Å². The number of hydrogen-bond donors (Lipinski definition) is 0. The Hall–Kier alpha value is -1.39. The molecule has 0 radical (unpaired) electrons. The van der Waals surface area contributed by atoms with Crippen molar-refractivity contribution in [3.63, 3.8) is 0 Å². The first-order valence-electron chi connectivity index (χ1n) is 7.26. The van der Waals surface area contributed by atoms with Crippen molar-refractivity contribution in [2.24, 2.45) is 0 Å². The van der Waals surface area contributed by atoms with E-state index in [0.717, 1.165) is 24.2 Å². The summed E-state index contributed by atoms with van der Waals surface area (Å²) in [6.07, 6.45) is 6.47. The summed E-state index contributed by atoms with van der Waals surface area (Å²) >= 11 is 0. The number of imide groups is 2. The fourth-order valence-electron chi connectivity index (χ4n) is 2.26. The van der Waals surface area contributed by atoms with Crippen LogP contribution < -0.4 is 0 Å². The van der Waals surface area contributed by atoms with Gasteiger partial charge in [-0.05, 0) is 13.3 Å². The summed E-state index contributed by atoms with van der Waals surface area (Å²) < 4.78 is 0. The van der Waals surface area contributed by atoms with Crippen molar-refractivity contribution in [2.75, 3.05) is 13.1 Å². The number of carbonyl (C=O) groups excluding carboxylic acids is 3. The Labute approximate surface area is 114 Å². The van der Waals surface area contributed by atoms with Gasteiger partial charge in [-0.25, -0.2) is 4.79 Å². The van der Waals surface area contributed by atoms with Gasteiger partial charge in [-0.15, -0.1) is 0 Å². The number of nitrogens with zero attached hydrogens (tertiary/aromatic N) is 2. The van der Waals surface area contributed by atoms with E-state index in [1.165, 1.54) is 24.2 Å². The van der Waals surface area contributed by atoms with Gasteiger partial charge in [0.1, 0.15) is 6.42 Å². The lowest BCUT2D eigenvalue weighted by Gasteiger charge is -2.31. The van der Waals surface area contributed by atoms with Gasteiger partial charge in [-0.3, -0.25) is 19.4 Å². The first-order valence-corrected chi connectivity index (χ1v) is 7.26. The van der Waals surface area contributed by atoms with Crippen molar-refractivity contribution in [2.45, 2.75) is 58.8 Å². The topological polar surface area (TPSA) is 57.7 Å². The maximum atomic E-state index is 12.0. The van der Waals surface area contributed by atoms with E-state index in [9.17, 15) is 14.4 Å². The first kappa shape index (κ1) is 15.7. The molecule has 0 aromatic rings. The van der Waals surface area contributed by atoms with Gasteiger partial charge >= 0.3 is 6.03 Å². The molecule has 0 saturated carbocycles. The van der Waals surface area contributed by atoms with Gasteiger partial charge in [0.2, 0.25) is 11.8 Å². The molecule has 1 fully saturated rings. The van der Waals surface area contributed by atoms with E-state index in [1.54, 1.807) is 6.92 Å². The normalized spacial score (nSPS) is 16.4. The van der Waals surface area contributed by atoms with Crippen molar-refractivity contribution in [1.29, 1.82) is 0 Å². The summed E-state index contributed by atoms with van der Waals surface area (Å²) in [6.45, 7) is 4.68. The Morgan fingerprint density at radius 3 is 2.05 bits per heavy atom. The molecule has 0 bridgehead atoms. The van der Waals surface area contributed by atoms with Gasteiger partial charge in [0.25, 0.3) is 0 Å². The van der Waals surface area contributed by atoms with Crippen molar-refractivity contribution in [1.82, 2.24) is 9.80 Å². The van der Waals surface area contributed by atoms with Crippen LogP contribution >= 0.6 is 0 Å². The summed E-state index contributed by atoms with van der Waals surface area (Å²) in [4.78, 5) is 37.5. The third kappa shape index (κ3) is 4.33. The third-order valence-electron chi connectivity index (χ3n) is 3.42. The summed E-state index contributed by atoms with van der Waals surface area (Å²) in [7, 11) is 0. The summed E-state index contributed by atoms with van der Waals surface area (Å²) in [5, 5.41) is 0. The van der Waals surface area contributed by atoms with Crippen LogP contribution in [0.2, 0.25) is 0 Å². The monoisotopic (exact) mass is 268 g/mol. The minimum atomic E-state index is -0.447. The zero-order valence-electron chi connectivity index (χ0n) is 12.0. The van der Waals surface area contributed by atoms with Crippen LogP contribution in [0.3, 0.4) is 0 Å². The molecule has 1 rings (SSSR count). The van der Waals surface area contributed by atoms with E-state index in [-0.39, 0.29) is 18.2 Å². The lowest BCUT2D eigenvalue weighted by molar-refractivity contribution is -0.142. The molecule has 5 heteroatoms. The van der Waals surface area contributed by atoms with Crippen LogP contribution in [0.25, 0.3) is 0 Å². The molecule has 0 aromatic heterocycles. The smallest absolute Gasteiger partial charge is 0.274 e. The summed E-state index contributed by atoms with van der Waals surface area (Å²) in [6, 6.07) is -0.447. The average molecular weight is 268 g/mol. The molecular weight excluding hydrogens is 244 g/mol. The van der Waals surface area contributed by atoms with Crippen LogP contribution in [0.1, 0.15) is 58.8 Å². The quantitative estimate of drug-likeness (QED) is 0.502. The van der Waals surface area contributed by atoms with Gasteiger partial charge in [0.05, 0.1) is 0 Å². The highest BCUT2D eigenvalue weighted by atomic mass is 16.2.